The second-order valence-electron chi connectivity index (χ2n) is 4.82. The summed E-state index contributed by atoms with van der Waals surface area (Å²) in [5.74, 6) is -0.639. The molecule has 1 unspecified atom stereocenters. The second kappa shape index (κ2) is 7.75. The summed E-state index contributed by atoms with van der Waals surface area (Å²) in [5.41, 5.74) is 0.957. The summed E-state index contributed by atoms with van der Waals surface area (Å²) < 4.78 is 10.1. The summed E-state index contributed by atoms with van der Waals surface area (Å²) in [6, 6.07) is 9.53. The van der Waals surface area contributed by atoms with Gasteiger partial charge < -0.3 is 19.7 Å². The largest absolute Gasteiger partial charge is 0.468 e. The highest BCUT2D eigenvalue weighted by atomic mass is 16.5. The number of nitrogens with zero attached hydrogens (tertiary/aromatic N) is 1. The fraction of sp³-hybridized carbons (Fsp3) is 0.467. The number of hydrogen-bond acceptors (Lipinski definition) is 5. The Morgan fingerprint density at radius 2 is 2.14 bits per heavy atom. The first-order valence-corrected chi connectivity index (χ1v) is 6.92. The van der Waals surface area contributed by atoms with Crippen molar-refractivity contribution in [2.45, 2.75) is 12.6 Å². The van der Waals surface area contributed by atoms with Crippen LogP contribution in [0.2, 0.25) is 0 Å². The van der Waals surface area contributed by atoms with Crippen LogP contribution in [0.4, 0.5) is 0 Å². The summed E-state index contributed by atoms with van der Waals surface area (Å²) in [6.07, 6.45) is -0.549. The van der Waals surface area contributed by atoms with Crippen LogP contribution in [0, 0.1) is 0 Å². The molecule has 1 fully saturated rings. The van der Waals surface area contributed by atoms with Gasteiger partial charge in [0.05, 0.1) is 13.7 Å². The molecule has 1 aliphatic rings. The third kappa shape index (κ3) is 4.54. The van der Waals surface area contributed by atoms with Gasteiger partial charge in [0.1, 0.15) is 12.6 Å². The minimum atomic E-state index is -0.549. The van der Waals surface area contributed by atoms with Gasteiger partial charge in [-0.1, -0.05) is 30.3 Å². The molecule has 6 nitrogen and oxygen atoms in total. The van der Waals surface area contributed by atoms with Crippen LogP contribution in [-0.2, 0) is 25.6 Å². The minimum Gasteiger partial charge on any atom is -0.468 e. The first-order valence-electron chi connectivity index (χ1n) is 6.92. The van der Waals surface area contributed by atoms with Crippen molar-refractivity contribution >= 4 is 11.9 Å². The molecule has 0 aliphatic carbocycles. The van der Waals surface area contributed by atoms with Crippen LogP contribution in [0.1, 0.15) is 5.56 Å². The van der Waals surface area contributed by atoms with Crippen molar-refractivity contribution in [3.63, 3.8) is 0 Å². The second-order valence-corrected chi connectivity index (χ2v) is 4.82. The minimum absolute atomic E-state index is 0.0793. The van der Waals surface area contributed by atoms with Crippen molar-refractivity contribution in [2.24, 2.45) is 0 Å². The molecule has 1 N–H and O–H groups in total. The number of esters is 1. The highest BCUT2D eigenvalue weighted by Gasteiger charge is 2.28. The standard InChI is InChI=1S/C15H20N2O4/c1-20-14(18)11-17(10-12-5-3-2-4-6-12)15(19)13-9-16-7-8-21-13/h2-6,13,16H,7-11H2,1H3. The summed E-state index contributed by atoms with van der Waals surface area (Å²) >= 11 is 0. The van der Waals surface area contributed by atoms with E-state index in [1.807, 2.05) is 30.3 Å². The number of methoxy groups -OCH3 is 1. The van der Waals surface area contributed by atoms with Gasteiger partial charge in [0.25, 0.3) is 5.91 Å². The molecular formula is C15H20N2O4. The van der Waals surface area contributed by atoms with Crippen molar-refractivity contribution in [1.29, 1.82) is 0 Å². The number of nitrogens with one attached hydrogen (secondary N) is 1. The Kier molecular flexibility index (Phi) is 5.71. The Hall–Kier alpha value is -1.92. The average Bonchev–Trinajstić information content (AvgIpc) is 2.55. The summed E-state index contributed by atoms with van der Waals surface area (Å²) in [5, 5.41) is 3.11. The summed E-state index contributed by atoms with van der Waals surface area (Å²) in [6.45, 7) is 1.97. The maximum absolute atomic E-state index is 12.5. The van der Waals surface area contributed by atoms with Crippen LogP contribution in [-0.4, -0.2) is 56.2 Å². The van der Waals surface area contributed by atoms with Crippen LogP contribution in [0.5, 0.6) is 0 Å². The number of amides is 1. The van der Waals surface area contributed by atoms with Crippen molar-refractivity contribution in [3.8, 4) is 0 Å². The number of benzene rings is 1. The van der Waals surface area contributed by atoms with E-state index in [0.717, 1.165) is 12.1 Å². The summed E-state index contributed by atoms with van der Waals surface area (Å²) in [7, 11) is 1.31. The maximum Gasteiger partial charge on any atom is 0.325 e. The van der Waals surface area contributed by atoms with Gasteiger partial charge in [0.15, 0.2) is 0 Å². The zero-order chi connectivity index (χ0) is 15.1. The molecule has 0 radical (unpaired) electrons. The number of hydrogen-bond donors (Lipinski definition) is 1. The zero-order valence-electron chi connectivity index (χ0n) is 12.1. The van der Waals surface area contributed by atoms with Crippen molar-refractivity contribution < 1.29 is 19.1 Å². The topological polar surface area (TPSA) is 67.9 Å². The fourth-order valence-corrected chi connectivity index (χ4v) is 2.16. The van der Waals surface area contributed by atoms with Gasteiger partial charge in [0.2, 0.25) is 0 Å². The molecule has 1 heterocycles. The Bertz CT molecular complexity index is 472. The molecule has 114 valence electrons. The molecular weight excluding hydrogens is 272 g/mol. The Balaban J connectivity index is 2.07. The third-order valence-corrected chi connectivity index (χ3v) is 3.28. The lowest BCUT2D eigenvalue weighted by Crippen LogP contribution is -2.50. The van der Waals surface area contributed by atoms with Crippen molar-refractivity contribution in [2.75, 3.05) is 33.4 Å². The Morgan fingerprint density at radius 1 is 1.38 bits per heavy atom. The van der Waals surface area contributed by atoms with Gasteiger partial charge in [-0.25, -0.2) is 0 Å². The van der Waals surface area contributed by atoms with Gasteiger partial charge in [0, 0.05) is 19.6 Å². The molecule has 0 saturated carbocycles. The van der Waals surface area contributed by atoms with E-state index in [-0.39, 0.29) is 12.5 Å². The first kappa shape index (κ1) is 15.5. The van der Waals surface area contributed by atoms with Crippen LogP contribution in [0.15, 0.2) is 30.3 Å². The predicted octanol–water partition coefficient (Wildman–Crippen LogP) is 0.177. The number of carbonyl (C=O) groups excluding carboxylic acids is 2. The molecule has 1 aliphatic heterocycles. The zero-order valence-corrected chi connectivity index (χ0v) is 12.1. The van der Waals surface area contributed by atoms with Crippen molar-refractivity contribution in [3.05, 3.63) is 35.9 Å². The van der Waals surface area contributed by atoms with E-state index in [4.69, 9.17) is 4.74 Å². The van der Waals surface area contributed by atoms with Gasteiger partial charge in [-0.15, -0.1) is 0 Å². The molecule has 1 aromatic carbocycles. The SMILES string of the molecule is COC(=O)CN(Cc1ccccc1)C(=O)C1CNCCO1. The average molecular weight is 292 g/mol. The van der Waals surface area contributed by atoms with Crippen LogP contribution in [0.3, 0.4) is 0 Å². The van der Waals surface area contributed by atoms with E-state index >= 15 is 0 Å². The molecule has 2 rings (SSSR count). The molecule has 0 aromatic heterocycles. The molecule has 1 amide bonds. The lowest BCUT2D eigenvalue weighted by Gasteiger charge is -2.29. The van der Waals surface area contributed by atoms with E-state index in [1.165, 1.54) is 12.0 Å². The van der Waals surface area contributed by atoms with Gasteiger partial charge in [-0.3, -0.25) is 9.59 Å². The monoisotopic (exact) mass is 292 g/mol. The first-order chi connectivity index (χ1) is 10.2. The van der Waals surface area contributed by atoms with E-state index in [9.17, 15) is 9.59 Å². The van der Waals surface area contributed by atoms with Gasteiger partial charge >= 0.3 is 5.97 Å². The third-order valence-electron chi connectivity index (χ3n) is 3.28. The normalized spacial score (nSPS) is 18.0. The van der Waals surface area contributed by atoms with E-state index in [1.54, 1.807) is 0 Å². The van der Waals surface area contributed by atoms with Gasteiger partial charge in [-0.05, 0) is 5.56 Å². The quantitative estimate of drug-likeness (QED) is 0.784. The molecule has 1 atom stereocenters. The smallest absolute Gasteiger partial charge is 0.325 e. The molecule has 6 heteroatoms. The molecule has 1 aromatic rings. The van der Waals surface area contributed by atoms with Gasteiger partial charge in [-0.2, -0.15) is 0 Å². The molecule has 0 bridgehead atoms. The Labute approximate surface area is 124 Å². The molecule has 21 heavy (non-hydrogen) atoms. The van der Waals surface area contributed by atoms with Crippen LogP contribution < -0.4 is 5.32 Å². The predicted molar refractivity (Wildman–Crippen MR) is 76.5 cm³/mol. The lowest BCUT2D eigenvalue weighted by molar-refractivity contribution is -0.153. The van der Waals surface area contributed by atoms with Crippen LogP contribution >= 0.6 is 0 Å². The molecule has 0 spiro atoms. The lowest BCUT2D eigenvalue weighted by atomic mass is 10.2. The fourth-order valence-electron chi connectivity index (χ4n) is 2.16. The highest BCUT2D eigenvalue weighted by Crippen LogP contribution is 2.09. The number of rotatable bonds is 5. The van der Waals surface area contributed by atoms with E-state index < -0.39 is 12.1 Å². The number of morpholine rings is 1. The van der Waals surface area contributed by atoms with E-state index in [0.29, 0.717) is 19.7 Å². The highest BCUT2D eigenvalue weighted by molar-refractivity contribution is 5.85. The maximum atomic E-state index is 12.5. The van der Waals surface area contributed by atoms with E-state index in [2.05, 4.69) is 10.1 Å². The van der Waals surface area contributed by atoms with Crippen molar-refractivity contribution in [1.82, 2.24) is 10.2 Å². The number of ether oxygens (including phenoxy) is 2. The summed E-state index contributed by atoms with van der Waals surface area (Å²) in [4.78, 5) is 25.5. The Morgan fingerprint density at radius 3 is 2.76 bits per heavy atom. The van der Waals surface area contributed by atoms with Crippen LogP contribution in [0.25, 0.3) is 0 Å². The number of carbonyl (C=O) groups is 2. The molecule has 1 saturated heterocycles.